The molecule has 0 spiro atoms. The van der Waals surface area contributed by atoms with Gasteiger partial charge in [0, 0.05) is 15.1 Å². The number of aliphatic hydroxyl groups excluding tert-OH is 1. The molecule has 0 radical (unpaired) electrons. The van der Waals surface area contributed by atoms with Gasteiger partial charge in [-0.1, -0.05) is 57.9 Å². The van der Waals surface area contributed by atoms with Crippen LogP contribution in [0, 0.1) is 0 Å². The van der Waals surface area contributed by atoms with Gasteiger partial charge in [-0.25, -0.2) is 0 Å². The van der Waals surface area contributed by atoms with E-state index in [1.807, 2.05) is 42.5 Å². The van der Waals surface area contributed by atoms with E-state index in [0.29, 0.717) is 5.02 Å². The Labute approximate surface area is 108 Å². The van der Waals surface area contributed by atoms with Gasteiger partial charge in [0.05, 0.1) is 6.61 Å². The minimum absolute atomic E-state index is 0.0164. The Kier molecular flexibility index (Phi) is 3.64. The van der Waals surface area contributed by atoms with E-state index in [4.69, 9.17) is 11.6 Å². The lowest BCUT2D eigenvalue weighted by Crippen LogP contribution is -1.89. The third-order valence-electron chi connectivity index (χ3n) is 2.41. The Balaban J connectivity index is 2.58. The van der Waals surface area contributed by atoms with Crippen LogP contribution in [0.5, 0.6) is 0 Å². The van der Waals surface area contributed by atoms with Gasteiger partial charge in [0.15, 0.2) is 0 Å². The van der Waals surface area contributed by atoms with Gasteiger partial charge in [-0.3, -0.25) is 0 Å². The summed E-state index contributed by atoms with van der Waals surface area (Å²) in [6, 6.07) is 13.4. The Morgan fingerprint density at radius 2 is 1.81 bits per heavy atom. The molecule has 0 amide bonds. The lowest BCUT2D eigenvalue weighted by molar-refractivity contribution is 0.282. The second-order valence-corrected chi connectivity index (χ2v) is 4.76. The predicted octanol–water partition coefficient (Wildman–Crippen LogP) is 4.26. The summed E-state index contributed by atoms with van der Waals surface area (Å²) in [6.07, 6.45) is 0. The van der Waals surface area contributed by atoms with E-state index in [2.05, 4.69) is 15.9 Å². The van der Waals surface area contributed by atoms with Gasteiger partial charge in [-0.05, 0) is 23.3 Å². The highest BCUT2D eigenvalue weighted by molar-refractivity contribution is 9.10. The van der Waals surface area contributed by atoms with Crippen LogP contribution in [0.15, 0.2) is 46.9 Å². The molecule has 0 atom stereocenters. The lowest BCUT2D eigenvalue weighted by Gasteiger charge is -2.09. The van der Waals surface area contributed by atoms with Crippen LogP contribution in [0.4, 0.5) is 0 Å². The molecule has 2 rings (SSSR count). The molecule has 16 heavy (non-hydrogen) atoms. The van der Waals surface area contributed by atoms with Crippen molar-refractivity contribution in [3.63, 3.8) is 0 Å². The fraction of sp³-hybridized carbons (Fsp3) is 0.0769. The van der Waals surface area contributed by atoms with E-state index in [1.165, 1.54) is 0 Å². The van der Waals surface area contributed by atoms with Crippen LogP contribution in [-0.2, 0) is 6.61 Å². The molecule has 3 heteroatoms. The van der Waals surface area contributed by atoms with Crippen LogP contribution >= 0.6 is 27.5 Å². The van der Waals surface area contributed by atoms with Crippen LogP contribution in [0.2, 0.25) is 5.02 Å². The van der Waals surface area contributed by atoms with Crippen LogP contribution in [0.3, 0.4) is 0 Å². The van der Waals surface area contributed by atoms with Crippen molar-refractivity contribution in [2.45, 2.75) is 6.61 Å². The van der Waals surface area contributed by atoms with Crippen molar-refractivity contribution in [3.05, 3.63) is 57.5 Å². The molecule has 2 aromatic rings. The molecule has 0 saturated heterocycles. The normalized spacial score (nSPS) is 10.4. The summed E-state index contributed by atoms with van der Waals surface area (Å²) >= 11 is 9.55. The Bertz CT molecular complexity index is 511. The molecule has 0 aliphatic rings. The second kappa shape index (κ2) is 5.00. The number of halogens is 2. The molecule has 0 heterocycles. The minimum Gasteiger partial charge on any atom is -0.392 e. The highest BCUT2D eigenvalue weighted by Crippen LogP contribution is 2.32. The first-order valence-corrected chi connectivity index (χ1v) is 6.03. The molecule has 1 nitrogen and oxygen atoms in total. The maximum Gasteiger partial charge on any atom is 0.0687 e. The molecule has 0 aliphatic carbocycles. The Morgan fingerprint density at radius 1 is 1.06 bits per heavy atom. The van der Waals surface area contributed by atoms with Gasteiger partial charge in [-0.15, -0.1) is 0 Å². The smallest absolute Gasteiger partial charge is 0.0687 e. The van der Waals surface area contributed by atoms with Gasteiger partial charge >= 0.3 is 0 Å². The SMILES string of the molecule is OCc1ccccc1-c1ccc(Br)cc1Cl. The van der Waals surface area contributed by atoms with Gasteiger partial charge < -0.3 is 5.11 Å². The third-order valence-corrected chi connectivity index (χ3v) is 3.21. The topological polar surface area (TPSA) is 20.2 Å². The summed E-state index contributed by atoms with van der Waals surface area (Å²) in [7, 11) is 0. The highest BCUT2D eigenvalue weighted by atomic mass is 79.9. The average molecular weight is 298 g/mol. The number of hydrogen-bond acceptors (Lipinski definition) is 1. The second-order valence-electron chi connectivity index (χ2n) is 3.44. The van der Waals surface area contributed by atoms with E-state index in [-0.39, 0.29) is 6.61 Å². The van der Waals surface area contributed by atoms with E-state index in [0.717, 1.165) is 21.2 Å². The zero-order valence-corrected chi connectivity index (χ0v) is 10.8. The first-order valence-electron chi connectivity index (χ1n) is 4.86. The fourth-order valence-electron chi connectivity index (χ4n) is 1.63. The predicted molar refractivity (Wildman–Crippen MR) is 70.5 cm³/mol. The maximum atomic E-state index is 9.27. The summed E-state index contributed by atoms with van der Waals surface area (Å²) in [5.41, 5.74) is 2.80. The molecule has 82 valence electrons. The highest BCUT2D eigenvalue weighted by Gasteiger charge is 2.07. The monoisotopic (exact) mass is 296 g/mol. The maximum absolute atomic E-state index is 9.27. The molecule has 0 aromatic heterocycles. The molecule has 1 N–H and O–H groups in total. The zero-order valence-electron chi connectivity index (χ0n) is 8.45. The van der Waals surface area contributed by atoms with Gasteiger partial charge in [0.1, 0.15) is 0 Å². The first kappa shape index (κ1) is 11.6. The van der Waals surface area contributed by atoms with Crippen molar-refractivity contribution >= 4 is 27.5 Å². The Hall–Kier alpha value is -0.830. The van der Waals surface area contributed by atoms with Crippen LogP contribution in [-0.4, -0.2) is 5.11 Å². The third kappa shape index (κ3) is 2.29. The summed E-state index contributed by atoms with van der Waals surface area (Å²) in [5.74, 6) is 0. The summed E-state index contributed by atoms with van der Waals surface area (Å²) < 4.78 is 0.947. The van der Waals surface area contributed by atoms with Crippen LogP contribution in [0.1, 0.15) is 5.56 Å². The van der Waals surface area contributed by atoms with Crippen molar-refractivity contribution in [2.24, 2.45) is 0 Å². The van der Waals surface area contributed by atoms with Crippen LogP contribution < -0.4 is 0 Å². The first-order chi connectivity index (χ1) is 7.72. The van der Waals surface area contributed by atoms with Gasteiger partial charge in [-0.2, -0.15) is 0 Å². The number of benzene rings is 2. The lowest BCUT2D eigenvalue weighted by atomic mass is 10.0. The number of rotatable bonds is 2. The van der Waals surface area contributed by atoms with Crippen molar-refractivity contribution in [1.82, 2.24) is 0 Å². The van der Waals surface area contributed by atoms with Gasteiger partial charge in [0.25, 0.3) is 0 Å². The average Bonchev–Trinajstić information content (AvgIpc) is 2.29. The largest absolute Gasteiger partial charge is 0.392 e. The molecular weight excluding hydrogens is 287 g/mol. The zero-order chi connectivity index (χ0) is 11.5. The van der Waals surface area contributed by atoms with Crippen molar-refractivity contribution in [3.8, 4) is 11.1 Å². The quantitative estimate of drug-likeness (QED) is 0.878. The van der Waals surface area contributed by atoms with E-state index < -0.39 is 0 Å². The molecule has 0 saturated carbocycles. The fourth-order valence-corrected chi connectivity index (χ4v) is 2.40. The minimum atomic E-state index is 0.0164. The summed E-state index contributed by atoms with van der Waals surface area (Å²) in [4.78, 5) is 0. The van der Waals surface area contributed by atoms with E-state index >= 15 is 0 Å². The van der Waals surface area contributed by atoms with Crippen molar-refractivity contribution in [1.29, 1.82) is 0 Å². The summed E-state index contributed by atoms with van der Waals surface area (Å²) in [6.45, 7) is 0.0164. The molecule has 0 fully saturated rings. The van der Waals surface area contributed by atoms with Crippen molar-refractivity contribution < 1.29 is 5.11 Å². The molecule has 0 unspecified atom stereocenters. The number of aliphatic hydroxyl groups is 1. The van der Waals surface area contributed by atoms with Gasteiger partial charge in [0.2, 0.25) is 0 Å². The van der Waals surface area contributed by atoms with Crippen LogP contribution in [0.25, 0.3) is 11.1 Å². The Morgan fingerprint density at radius 3 is 2.50 bits per heavy atom. The van der Waals surface area contributed by atoms with E-state index in [9.17, 15) is 5.11 Å². The molecule has 0 bridgehead atoms. The molecule has 0 aliphatic heterocycles. The van der Waals surface area contributed by atoms with Crippen molar-refractivity contribution in [2.75, 3.05) is 0 Å². The summed E-state index contributed by atoms with van der Waals surface area (Å²) in [5, 5.41) is 9.95. The molecule has 2 aromatic carbocycles. The molecular formula is C13H10BrClO. The standard InChI is InChI=1S/C13H10BrClO/c14-10-5-6-12(13(15)7-10)11-4-2-1-3-9(11)8-16/h1-7,16H,8H2. The van der Waals surface area contributed by atoms with E-state index in [1.54, 1.807) is 0 Å². The number of hydrogen-bond donors (Lipinski definition) is 1.